The largest absolute Gasteiger partial charge is 0.467 e. The van der Waals surface area contributed by atoms with Crippen LogP contribution in [0, 0.1) is 0 Å². The van der Waals surface area contributed by atoms with Gasteiger partial charge in [-0.05, 0) is 36.2 Å². The molecule has 0 amide bonds. The van der Waals surface area contributed by atoms with E-state index in [2.05, 4.69) is 5.32 Å². The Balaban J connectivity index is 2.50. The normalized spacial score (nSPS) is 13.3. The predicted octanol–water partition coefficient (Wildman–Crippen LogP) is 4.23. The molecule has 0 saturated heterocycles. The van der Waals surface area contributed by atoms with Crippen molar-refractivity contribution in [1.29, 1.82) is 0 Å². The van der Waals surface area contributed by atoms with Crippen LogP contribution in [-0.2, 0) is 15.1 Å². The quantitative estimate of drug-likeness (QED) is 0.840. The van der Waals surface area contributed by atoms with Crippen molar-refractivity contribution in [3.63, 3.8) is 0 Å². The van der Waals surface area contributed by atoms with E-state index in [1.165, 1.54) is 7.11 Å². The van der Waals surface area contributed by atoms with Gasteiger partial charge in [0.2, 0.25) is 0 Å². The number of carbonyl (C=O) groups is 1. The second-order valence-electron chi connectivity index (χ2n) is 4.75. The van der Waals surface area contributed by atoms with E-state index in [9.17, 15) is 4.79 Å². The molecule has 2 aromatic rings. The fourth-order valence-corrected chi connectivity index (χ4v) is 2.56. The molecule has 1 N–H and O–H groups in total. The lowest BCUT2D eigenvalue weighted by atomic mass is 9.86. The molecule has 0 saturated carbocycles. The zero-order valence-corrected chi connectivity index (χ0v) is 12.9. The van der Waals surface area contributed by atoms with E-state index in [-0.39, 0.29) is 5.97 Å². The monoisotopic (exact) mass is 303 g/mol. The molecule has 0 spiro atoms. The van der Waals surface area contributed by atoms with Crippen LogP contribution in [0.5, 0.6) is 0 Å². The van der Waals surface area contributed by atoms with Crippen LogP contribution in [0.15, 0.2) is 54.6 Å². The summed E-state index contributed by atoms with van der Waals surface area (Å²) in [4.78, 5) is 12.5. The van der Waals surface area contributed by atoms with Crippen molar-refractivity contribution in [3.05, 3.63) is 65.2 Å². The molecule has 0 aliphatic heterocycles. The highest BCUT2D eigenvalue weighted by atomic mass is 35.5. The van der Waals surface area contributed by atoms with E-state index in [0.29, 0.717) is 11.4 Å². The minimum atomic E-state index is -0.957. The molecule has 2 aromatic carbocycles. The molecule has 4 heteroatoms. The Bertz CT molecular complexity index is 615. The number of hydrogen-bond acceptors (Lipinski definition) is 3. The van der Waals surface area contributed by atoms with Crippen molar-refractivity contribution in [2.75, 3.05) is 12.4 Å². The highest BCUT2D eigenvalue weighted by molar-refractivity contribution is 6.30. The maximum absolute atomic E-state index is 12.5. The van der Waals surface area contributed by atoms with Gasteiger partial charge in [0, 0.05) is 10.7 Å². The van der Waals surface area contributed by atoms with Crippen LogP contribution in [0.3, 0.4) is 0 Å². The molecule has 1 atom stereocenters. The number of rotatable bonds is 5. The Hall–Kier alpha value is -2.00. The van der Waals surface area contributed by atoms with Gasteiger partial charge < -0.3 is 10.1 Å². The summed E-state index contributed by atoms with van der Waals surface area (Å²) in [6, 6.07) is 16.9. The molecule has 110 valence electrons. The molecule has 0 aliphatic carbocycles. The molecule has 1 unspecified atom stereocenters. The first-order valence-corrected chi connectivity index (χ1v) is 7.18. The van der Waals surface area contributed by atoms with Crippen LogP contribution in [0.1, 0.15) is 18.9 Å². The van der Waals surface area contributed by atoms with Crippen LogP contribution >= 0.6 is 11.6 Å². The van der Waals surface area contributed by atoms with Gasteiger partial charge in [-0.15, -0.1) is 0 Å². The molecule has 0 radical (unpaired) electrons. The van der Waals surface area contributed by atoms with Crippen LogP contribution in [0.4, 0.5) is 5.69 Å². The zero-order chi connectivity index (χ0) is 15.3. The number of ether oxygens (including phenoxy) is 1. The molecular formula is C17H18ClNO2. The Kier molecular flexibility index (Phi) is 4.86. The fraction of sp³-hybridized carbons (Fsp3) is 0.235. The van der Waals surface area contributed by atoms with Gasteiger partial charge in [-0.25, -0.2) is 4.79 Å². The highest BCUT2D eigenvalue weighted by Gasteiger charge is 2.40. The smallest absolute Gasteiger partial charge is 0.336 e. The van der Waals surface area contributed by atoms with Gasteiger partial charge in [0.25, 0.3) is 0 Å². The summed E-state index contributed by atoms with van der Waals surface area (Å²) in [6.07, 6.45) is 0.537. The Morgan fingerprint density at radius 2 is 1.90 bits per heavy atom. The number of benzene rings is 2. The van der Waals surface area contributed by atoms with E-state index >= 15 is 0 Å². The van der Waals surface area contributed by atoms with E-state index in [1.54, 1.807) is 12.1 Å². The van der Waals surface area contributed by atoms with Crippen LogP contribution in [0.2, 0.25) is 5.02 Å². The molecular weight excluding hydrogens is 286 g/mol. The Morgan fingerprint density at radius 3 is 2.48 bits per heavy atom. The minimum Gasteiger partial charge on any atom is -0.467 e. The molecule has 2 rings (SSSR count). The summed E-state index contributed by atoms with van der Waals surface area (Å²) >= 11 is 6.08. The van der Waals surface area contributed by atoms with E-state index in [0.717, 1.165) is 11.3 Å². The van der Waals surface area contributed by atoms with Crippen LogP contribution < -0.4 is 5.32 Å². The topological polar surface area (TPSA) is 38.3 Å². The van der Waals surface area contributed by atoms with Crippen molar-refractivity contribution in [1.82, 2.24) is 0 Å². The molecule has 0 fully saturated rings. The zero-order valence-electron chi connectivity index (χ0n) is 12.1. The summed E-state index contributed by atoms with van der Waals surface area (Å²) in [7, 11) is 1.39. The number of methoxy groups -OCH3 is 1. The maximum Gasteiger partial charge on any atom is 0.336 e. The van der Waals surface area contributed by atoms with Gasteiger partial charge >= 0.3 is 5.97 Å². The summed E-state index contributed by atoms with van der Waals surface area (Å²) in [5, 5.41) is 3.89. The van der Waals surface area contributed by atoms with Crippen molar-refractivity contribution in [2.24, 2.45) is 0 Å². The molecule has 3 nitrogen and oxygen atoms in total. The fourth-order valence-electron chi connectivity index (χ4n) is 2.37. The van der Waals surface area contributed by atoms with E-state index in [1.807, 2.05) is 49.4 Å². The van der Waals surface area contributed by atoms with Gasteiger partial charge in [-0.2, -0.15) is 0 Å². The highest BCUT2D eigenvalue weighted by Crippen LogP contribution is 2.32. The van der Waals surface area contributed by atoms with Crippen molar-refractivity contribution >= 4 is 23.3 Å². The summed E-state index contributed by atoms with van der Waals surface area (Å²) in [6.45, 7) is 1.94. The number of carbonyl (C=O) groups excluding carboxylic acids is 1. The lowest BCUT2D eigenvalue weighted by Crippen LogP contribution is -2.43. The van der Waals surface area contributed by atoms with Gasteiger partial charge in [0.15, 0.2) is 5.54 Å². The second-order valence-corrected chi connectivity index (χ2v) is 5.19. The number of esters is 1. The molecule has 0 aromatic heterocycles. The van der Waals surface area contributed by atoms with E-state index in [4.69, 9.17) is 16.3 Å². The number of para-hydroxylation sites is 1. The standard InChI is InChI=1S/C17H18ClNO2/c1-3-17(16(20)21-2,13-8-7-9-14(18)12-13)19-15-10-5-4-6-11-15/h4-12,19H,3H2,1-2H3. The first-order valence-electron chi connectivity index (χ1n) is 6.80. The minimum absolute atomic E-state index is 0.337. The predicted molar refractivity (Wildman–Crippen MR) is 85.5 cm³/mol. The average Bonchev–Trinajstić information content (AvgIpc) is 2.53. The first kappa shape index (κ1) is 15.4. The van der Waals surface area contributed by atoms with Crippen molar-refractivity contribution in [3.8, 4) is 0 Å². The number of hydrogen-bond donors (Lipinski definition) is 1. The molecule has 0 heterocycles. The average molecular weight is 304 g/mol. The van der Waals surface area contributed by atoms with Gasteiger partial charge in [0.1, 0.15) is 0 Å². The third-order valence-corrected chi connectivity index (χ3v) is 3.75. The van der Waals surface area contributed by atoms with Crippen molar-refractivity contribution < 1.29 is 9.53 Å². The van der Waals surface area contributed by atoms with Gasteiger partial charge in [0.05, 0.1) is 7.11 Å². The van der Waals surface area contributed by atoms with Gasteiger partial charge in [-0.1, -0.05) is 48.9 Å². The van der Waals surface area contributed by atoms with Gasteiger partial charge in [-0.3, -0.25) is 0 Å². The number of nitrogens with one attached hydrogen (secondary N) is 1. The second kappa shape index (κ2) is 6.64. The third kappa shape index (κ3) is 3.19. The van der Waals surface area contributed by atoms with Crippen molar-refractivity contribution in [2.45, 2.75) is 18.9 Å². The maximum atomic E-state index is 12.5. The lowest BCUT2D eigenvalue weighted by Gasteiger charge is -2.32. The third-order valence-electron chi connectivity index (χ3n) is 3.51. The summed E-state index contributed by atoms with van der Waals surface area (Å²) < 4.78 is 5.03. The lowest BCUT2D eigenvalue weighted by molar-refractivity contribution is -0.146. The summed E-state index contributed by atoms with van der Waals surface area (Å²) in [5.74, 6) is -0.337. The number of halogens is 1. The molecule has 0 aliphatic rings. The van der Waals surface area contributed by atoms with Crippen LogP contribution in [-0.4, -0.2) is 13.1 Å². The number of anilines is 1. The van der Waals surface area contributed by atoms with E-state index < -0.39 is 5.54 Å². The molecule has 21 heavy (non-hydrogen) atoms. The first-order chi connectivity index (χ1) is 10.1. The molecule has 0 bridgehead atoms. The SMILES string of the molecule is CCC(Nc1ccccc1)(C(=O)OC)c1cccc(Cl)c1. The Labute approximate surface area is 129 Å². The van der Waals surface area contributed by atoms with Crippen LogP contribution in [0.25, 0.3) is 0 Å². The Morgan fingerprint density at radius 1 is 1.19 bits per heavy atom. The summed E-state index contributed by atoms with van der Waals surface area (Å²) in [5.41, 5.74) is 0.680.